The molecule has 0 saturated heterocycles. The summed E-state index contributed by atoms with van der Waals surface area (Å²) in [6.07, 6.45) is 7.73. The number of aromatic nitrogens is 4. The van der Waals surface area contributed by atoms with E-state index < -0.39 is 11.7 Å². The molecule has 1 amide bonds. The van der Waals surface area contributed by atoms with Crippen LogP contribution in [-0.2, 0) is 16.1 Å². The van der Waals surface area contributed by atoms with Crippen molar-refractivity contribution in [3.63, 3.8) is 0 Å². The van der Waals surface area contributed by atoms with Gasteiger partial charge in [0, 0.05) is 23.9 Å². The van der Waals surface area contributed by atoms with E-state index in [1.807, 2.05) is 36.4 Å². The first kappa shape index (κ1) is 24.4. The topological polar surface area (TPSA) is 122 Å². The van der Waals surface area contributed by atoms with Crippen LogP contribution >= 0.6 is 11.6 Å². The standard InChI is InChI=1S/C26H28ClN5O4/c27-19-10-7-11-20(22(19)24(34)28-16-26(35)12-5-2-6-13-26)36-15-18-14-21(33)32-25(29-18)30-23(31-32)17-8-3-1-4-9-17/h1,3-4,7-10,14,20,35H,2,5-6,11-13,15-16H2,(H,28,34)(H,29,30,31). The molecule has 3 aromatic rings. The van der Waals surface area contributed by atoms with Crippen LogP contribution in [0.15, 0.2) is 64.0 Å². The van der Waals surface area contributed by atoms with Crippen LogP contribution in [0.3, 0.4) is 0 Å². The van der Waals surface area contributed by atoms with Gasteiger partial charge in [0.15, 0.2) is 5.82 Å². The Hall–Kier alpha value is -3.27. The van der Waals surface area contributed by atoms with Gasteiger partial charge < -0.3 is 20.1 Å². The summed E-state index contributed by atoms with van der Waals surface area (Å²) in [6, 6.07) is 10.8. The van der Waals surface area contributed by atoms with Gasteiger partial charge in [0.25, 0.3) is 11.5 Å². The highest BCUT2D eigenvalue weighted by molar-refractivity contribution is 6.33. The fourth-order valence-electron chi connectivity index (χ4n) is 4.70. The van der Waals surface area contributed by atoms with Gasteiger partial charge in [0.05, 0.1) is 28.9 Å². The van der Waals surface area contributed by atoms with Crippen molar-refractivity contribution in [1.29, 1.82) is 0 Å². The number of rotatable bonds is 7. The Morgan fingerprint density at radius 3 is 2.81 bits per heavy atom. The Morgan fingerprint density at radius 2 is 2.03 bits per heavy atom. The number of nitrogens with zero attached hydrogens (tertiary/aromatic N) is 3. The molecule has 1 saturated carbocycles. The molecule has 0 aliphatic heterocycles. The van der Waals surface area contributed by atoms with Crippen molar-refractivity contribution in [2.24, 2.45) is 0 Å². The molecule has 0 spiro atoms. The number of halogens is 1. The van der Waals surface area contributed by atoms with E-state index in [0.29, 0.717) is 47.2 Å². The van der Waals surface area contributed by atoms with Gasteiger partial charge >= 0.3 is 0 Å². The minimum Gasteiger partial charge on any atom is -0.388 e. The minimum absolute atomic E-state index is 0.0443. The van der Waals surface area contributed by atoms with Crippen molar-refractivity contribution in [1.82, 2.24) is 24.9 Å². The van der Waals surface area contributed by atoms with Crippen LogP contribution in [0.2, 0.25) is 0 Å². The third-order valence-corrected chi connectivity index (χ3v) is 6.99. The Labute approximate surface area is 212 Å². The van der Waals surface area contributed by atoms with E-state index >= 15 is 0 Å². The Balaban J connectivity index is 1.29. The lowest BCUT2D eigenvalue weighted by Crippen LogP contribution is -2.45. The number of hydrogen-bond donors (Lipinski definition) is 3. The second-order valence-corrected chi connectivity index (χ2v) is 9.74. The van der Waals surface area contributed by atoms with E-state index in [4.69, 9.17) is 16.3 Å². The molecule has 0 radical (unpaired) electrons. The van der Waals surface area contributed by atoms with Gasteiger partial charge in [-0.3, -0.25) is 9.59 Å². The third kappa shape index (κ3) is 5.28. The first-order valence-corrected chi connectivity index (χ1v) is 12.5. The number of carbonyl (C=O) groups is 1. The molecular formula is C26H28ClN5O4. The maximum absolute atomic E-state index is 13.0. The molecule has 188 valence electrons. The Bertz CT molecular complexity index is 1370. The van der Waals surface area contributed by atoms with Gasteiger partial charge in [-0.05, 0) is 25.3 Å². The molecular weight excluding hydrogens is 482 g/mol. The van der Waals surface area contributed by atoms with Crippen LogP contribution in [0.1, 0.15) is 44.2 Å². The molecule has 2 aliphatic carbocycles. The van der Waals surface area contributed by atoms with Gasteiger partial charge in [0.2, 0.25) is 5.78 Å². The van der Waals surface area contributed by atoms with E-state index in [9.17, 15) is 14.7 Å². The van der Waals surface area contributed by atoms with Crippen LogP contribution < -0.4 is 10.9 Å². The zero-order chi connectivity index (χ0) is 25.1. The fraction of sp³-hybridized carbons (Fsp3) is 0.385. The van der Waals surface area contributed by atoms with Crippen LogP contribution in [0, 0.1) is 0 Å². The van der Waals surface area contributed by atoms with Crippen molar-refractivity contribution in [3.05, 3.63) is 75.2 Å². The van der Waals surface area contributed by atoms with Crippen LogP contribution in [0.5, 0.6) is 0 Å². The second kappa shape index (κ2) is 10.4. The summed E-state index contributed by atoms with van der Waals surface area (Å²) in [4.78, 5) is 33.2. The molecule has 10 heteroatoms. The van der Waals surface area contributed by atoms with Crippen molar-refractivity contribution < 1.29 is 14.6 Å². The first-order chi connectivity index (χ1) is 17.4. The van der Waals surface area contributed by atoms with Crippen molar-refractivity contribution in [2.45, 2.75) is 56.8 Å². The maximum atomic E-state index is 13.0. The lowest BCUT2D eigenvalue weighted by Gasteiger charge is -2.32. The lowest BCUT2D eigenvalue weighted by molar-refractivity contribution is -0.120. The lowest BCUT2D eigenvalue weighted by atomic mass is 9.85. The zero-order valence-corrected chi connectivity index (χ0v) is 20.5. The average molecular weight is 510 g/mol. The van der Waals surface area contributed by atoms with E-state index in [1.165, 1.54) is 10.6 Å². The molecule has 1 fully saturated rings. The highest BCUT2D eigenvalue weighted by Gasteiger charge is 2.32. The van der Waals surface area contributed by atoms with Gasteiger partial charge in [-0.15, -0.1) is 5.10 Å². The number of carbonyl (C=O) groups excluding carboxylic acids is 1. The van der Waals surface area contributed by atoms with Crippen molar-refractivity contribution >= 4 is 23.3 Å². The molecule has 2 heterocycles. The van der Waals surface area contributed by atoms with E-state index in [-0.39, 0.29) is 24.6 Å². The molecule has 3 N–H and O–H groups in total. The summed E-state index contributed by atoms with van der Waals surface area (Å²) in [5.41, 5.74) is 0.396. The normalized spacial score (nSPS) is 19.6. The SMILES string of the molecule is O=C(NCC1(O)CCCCC1)C1=C(Cl)C=CCC1OCc1cc(=O)n2nc(-c3ccccc3)nc2[nH]1. The predicted octanol–water partition coefficient (Wildman–Crippen LogP) is 3.23. The highest BCUT2D eigenvalue weighted by Crippen LogP contribution is 2.29. The molecule has 36 heavy (non-hydrogen) atoms. The number of aromatic amines is 1. The number of benzene rings is 1. The summed E-state index contributed by atoms with van der Waals surface area (Å²) in [5, 5.41) is 18.2. The van der Waals surface area contributed by atoms with E-state index in [0.717, 1.165) is 24.8 Å². The fourth-order valence-corrected chi connectivity index (χ4v) is 5.00. The number of ether oxygens (including phenoxy) is 1. The van der Waals surface area contributed by atoms with Crippen LogP contribution in [-0.4, -0.2) is 48.8 Å². The third-order valence-electron chi connectivity index (χ3n) is 6.66. The number of allylic oxidation sites excluding steroid dienone is 2. The summed E-state index contributed by atoms with van der Waals surface area (Å²) in [5.74, 6) is 0.380. The molecule has 9 nitrogen and oxygen atoms in total. The van der Waals surface area contributed by atoms with Crippen molar-refractivity contribution in [3.8, 4) is 11.4 Å². The summed E-state index contributed by atoms with van der Waals surface area (Å²) in [6.45, 7) is 0.221. The highest BCUT2D eigenvalue weighted by atomic mass is 35.5. The Morgan fingerprint density at radius 1 is 1.25 bits per heavy atom. The molecule has 0 bridgehead atoms. The number of nitrogens with one attached hydrogen (secondary N) is 2. The number of fused-ring (bicyclic) bond motifs is 1. The van der Waals surface area contributed by atoms with Gasteiger partial charge in [-0.2, -0.15) is 9.50 Å². The first-order valence-electron chi connectivity index (χ1n) is 12.1. The molecule has 1 atom stereocenters. The van der Waals surface area contributed by atoms with Crippen LogP contribution in [0.4, 0.5) is 0 Å². The molecule has 2 aliphatic rings. The summed E-state index contributed by atoms with van der Waals surface area (Å²) >= 11 is 6.38. The molecule has 1 aromatic carbocycles. The summed E-state index contributed by atoms with van der Waals surface area (Å²) < 4.78 is 7.25. The van der Waals surface area contributed by atoms with Gasteiger partial charge in [0.1, 0.15) is 0 Å². The quantitative estimate of drug-likeness (QED) is 0.449. The average Bonchev–Trinajstić information content (AvgIpc) is 3.32. The van der Waals surface area contributed by atoms with E-state index in [1.54, 1.807) is 6.08 Å². The molecule has 5 rings (SSSR count). The second-order valence-electron chi connectivity index (χ2n) is 9.34. The minimum atomic E-state index is -0.881. The maximum Gasteiger partial charge on any atom is 0.275 e. The van der Waals surface area contributed by atoms with E-state index in [2.05, 4.69) is 20.4 Å². The smallest absolute Gasteiger partial charge is 0.275 e. The van der Waals surface area contributed by atoms with Gasteiger partial charge in [-0.25, -0.2) is 0 Å². The number of amides is 1. The van der Waals surface area contributed by atoms with Gasteiger partial charge in [-0.1, -0.05) is 67.3 Å². The monoisotopic (exact) mass is 509 g/mol. The molecule has 1 unspecified atom stereocenters. The zero-order valence-electron chi connectivity index (χ0n) is 19.7. The summed E-state index contributed by atoms with van der Waals surface area (Å²) in [7, 11) is 0. The Kier molecular flexibility index (Phi) is 7.04. The predicted molar refractivity (Wildman–Crippen MR) is 135 cm³/mol. The molecule has 2 aromatic heterocycles. The number of aliphatic hydroxyl groups is 1. The largest absolute Gasteiger partial charge is 0.388 e. The van der Waals surface area contributed by atoms with Crippen LogP contribution in [0.25, 0.3) is 17.2 Å². The van der Waals surface area contributed by atoms with Crippen molar-refractivity contribution in [2.75, 3.05) is 6.54 Å². The number of hydrogen-bond acceptors (Lipinski definition) is 6. The number of H-pyrrole nitrogens is 1.